The lowest BCUT2D eigenvalue weighted by Crippen LogP contribution is -2.66. The molecule has 1 aromatic carbocycles. The Morgan fingerprint density at radius 3 is 2.30 bits per heavy atom. The molecule has 33 heavy (non-hydrogen) atoms. The van der Waals surface area contributed by atoms with Crippen molar-refractivity contribution in [1.82, 2.24) is 10.2 Å². The van der Waals surface area contributed by atoms with E-state index in [0.717, 1.165) is 51.1 Å². The molecule has 4 bridgehead atoms. The fraction of sp³-hybridized carbons (Fsp3) is 0.680. The lowest BCUT2D eigenvalue weighted by atomic mass is 9.48. The summed E-state index contributed by atoms with van der Waals surface area (Å²) in [6.07, 6.45) is 4.34. The molecule has 1 heterocycles. The predicted molar refractivity (Wildman–Crippen MR) is 130 cm³/mol. The minimum absolute atomic E-state index is 0.0542. The molecule has 0 aromatic heterocycles. The number of hydrogen-bond acceptors (Lipinski definition) is 4. The van der Waals surface area contributed by atoms with Crippen LogP contribution in [0.25, 0.3) is 0 Å². The minimum atomic E-state index is -0.636. The molecule has 1 amide bonds. The van der Waals surface area contributed by atoms with Crippen LogP contribution in [0.2, 0.25) is 10.0 Å². The Bertz CT molecular complexity index is 944. The van der Waals surface area contributed by atoms with E-state index in [9.17, 15) is 14.7 Å². The summed E-state index contributed by atoms with van der Waals surface area (Å²) in [6, 6.07) is 5.79. The average Bonchev–Trinajstić information content (AvgIpc) is 2.77. The van der Waals surface area contributed by atoms with Gasteiger partial charge in [0.15, 0.2) is 0 Å². The van der Waals surface area contributed by atoms with Gasteiger partial charge in [0, 0.05) is 32.2 Å². The van der Waals surface area contributed by atoms with Gasteiger partial charge in [0.05, 0.1) is 26.7 Å². The fourth-order valence-corrected chi connectivity index (χ4v) is 7.65. The molecule has 6 rings (SSSR count). The first-order valence-electron chi connectivity index (χ1n) is 12.1. The van der Waals surface area contributed by atoms with Crippen LogP contribution in [0.15, 0.2) is 18.2 Å². The summed E-state index contributed by atoms with van der Waals surface area (Å²) in [6.45, 7) is 7.05. The summed E-state index contributed by atoms with van der Waals surface area (Å²) in [5.41, 5.74) is -0.249. The molecule has 1 aliphatic heterocycles. The number of rotatable bonds is 5. The van der Waals surface area contributed by atoms with Crippen molar-refractivity contribution in [2.24, 2.45) is 23.2 Å². The van der Waals surface area contributed by atoms with Gasteiger partial charge in [-0.15, -0.1) is 0 Å². The monoisotopic (exact) mass is 493 g/mol. The Morgan fingerprint density at radius 1 is 1.06 bits per heavy atom. The second kappa shape index (κ2) is 8.31. The van der Waals surface area contributed by atoms with Crippen LogP contribution in [0.1, 0.15) is 46.0 Å². The van der Waals surface area contributed by atoms with E-state index in [1.165, 1.54) is 0 Å². The Labute approximate surface area is 205 Å². The maximum absolute atomic E-state index is 13.5. The van der Waals surface area contributed by atoms with Crippen LogP contribution in [0.4, 0.5) is 5.69 Å². The van der Waals surface area contributed by atoms with Crippen LogP contribution in [0, 0.1) is 23.2 Å². The molecule has 4 saturated carbocycles. The number of halogens is 2. The number of carboxylic acids is 1. The van der Waals surface area contributed by atoms with Gasteiger partial charge in [-0.2, -0.15) is 0 Å². The van der Waals surface area contributed by atoms with Crippen LogP contribution >= 0.6 is 23.2 Å². The number of anilines is 1. The number of nitrogens with zero attached hydrogens (tertiary/aromatic N) is 2. The maximum atomic E-state index is 13.5. The molecule has 2 atom stereocenters. The molecular weight excluding hydrogens is 461 g/mol. The summed E-state index contributed by atoms with van der Waals surface area (Å²) in [5, 5.41) is 14.4. The van der Waals surface area contributed by atoms with Crippen LogP contribution < -0.4 is 10.2 Å². The topological polar surface area (TPSA) is 72.9 Å². The number of carboxylic acid groups (broad SMARTS) is 1. The van der Waals surface area contributed by atoms with Gasteiger partial charge in [-0.05, 0) is 75.8 Å². The van der Waals surface area contributed by atoms with E-state index in [0.29, 0.717) is 28.8 Å². The van der Waals surface area contributed by atoms with E-state index >= 15 is 0 Å². The number of carbonyl (C=O) groups excluding carboxylic acids is 1. The number of amides is 1. The molecule has 5 aliphatic rings. The number of carbonyl (C=O) groups is 2. The second-order valence-electron chi connectivity index (χ2n) is 11.2. The van der Waals surface area contributed by atoms with E-state index in [1.54, 1.807) is 6.07 Å². The third-order valence-corrected chi connectivity index (χ3v) is 9.73. The summed E-state index contributed by atoms with van der Waals surface area (Å²) in [7, 11) is 0. The van der Waals surface area contributed by atoms with Gasteiger partial charge in [0.2, 0.25) is 5.91 Å². The zero-order valence-corrected chi connectivity index (χ0v) is 20.8. The van der Waals surface area contributed by atoms with Crippen LogP contribution in [0.5, 0.6) is 0 Å². The maximum Gasteiger partial charge on any atom is 0.309 e. The summed E-state index contributed by atoms with van der Waals surface area (Å²) in [5.74, 6) is 0.497. The van der Waals surface area contributed by atoms with Crippen molar-refractivity contribution >= 4 is 40.8 Å². The van der Waals surface area contributed by atoms with Crippen molar-refractivity contribution in [3.8, 4) is 0 Å². The molecule has 6 nitrogen and oxygen atoms in total. The highest BCUT2D eigenvalue weighted by Crippen LogP contribution is 2.60. The van der Waals surface area contributed by atoms with Crippen LogP contribution in [0.3, 0.4) is 0 Å². The zero-order valence-electron chi connectivity index (χ0n) is 19.3. The minimum Gasteiger partial charge on any atom is -0.481 e. The lowest BCUT2D eigenvalue weighted by molar-refractivity contribution is -0.168. The van der Waals surface area contributed by atoms with Gasteiger partial charge < -0.3 is 15.3 Å². The number of aliphatic carboxylic acids is 1. The van der Waals surface area contributed by atoms with Gasteiger partial charge in [-0.3, -0.25) is 14.5 Å². The Kier molecular flexibility index (Phi) is 5.86. The highest BCUT2D eigenvalue weighted by molar-refractivity contribution is 6.43. The molecule has 0 spiro atoms. The van der Waals surface area contributed by atoms with E-state index in [1.807, 2.05) is 26.0 Å². The highest BCUT2D eigenvalue weighted by atomic mass is 35.5. The Balaban J connectivity index is 1.23. The SMILES string of the molecule is CC(C)(C(=O)NC1C2CC3CC1CC(C(=O)O)(C3)C2)N1CCN(c2cccc(Cl)c2Cl)CC1. The van der Waals surface area contributed by atoms with Crippen LogP contribution in [-0.4, -0.2) is 59.6 Å². The fourth-order valence-electron chi connectivity index (χ4n) is 7.24. The molecule has 1 aromatic rings. The number of piperazine rings is 1. The summed E-state index contributed by atoms with van der Waals surface area (Å²) in [4.78, 5) is 30.0. The predicted octanol–water partition coefficient (Wildman–Crippen LogP) is 4.29. The first kappa shape index (κ1) is 23.3. The Hall–Kier alpha value is -1.50. The molecular formula is C25H33Cl2N3O3. The zero-order chi connectivity index (χ0) is 23.5. The van der Waals surface area contributed by atoms with Gasteiger partial charge in [0.1, 0.15) is 0 Å². The van der Waals surface area contributed by atoms with E-state index < -0.39 is 16.9 Å². The average molecular weight is 494 g/mol. The summed E-state index contributed by atoms with van der Waals surface area (Å²) < 4.78 is 0. The third kappa shape index (κ3) is 3.92. The number of hydrogen-bond donors (Lipinski definition) is 2. The van der Waals surface area contributed by atoms with Crippen molar-refractivity contribution in [2.75, 3.05) is 31.1 Å². The molecule has 180 valence electrons. The molecule has 2 N–H and O–H groups in total. The van der Waals surface area contributed by atoms with Crippen molar-refractivity contribution in [3.05, 3.63) is 28.2 Å². The largest absolute Gasteiger partial charge is 0.481 e. The molecule has 0 radical (unpaired) electrons. The first-order valence-corrected chi connectivity index (χ1v) is 12.8. The van der Waals surface area contributed by atoms with E-state index in [4.69, 9.17) is 23.2 Å². The molecule has 5 fully saturated rings. The van der Waals surface area contributed by atoms with Crippen molar-refractivity contribution < 1.29 is 14.7 Å². The molecule has 8 heteroatoms. The normalized spacial score (nSPS) is 33.9. The quantitative estimate of drug-likeness (QED) is 0.639. The van der Waals surface area contributed by atoms with Gasteiger partial charge in [0.25, 0.3) is 0 Å². The lowest BCUT2D eigenvalue weighted by Gasteiger charge is -2.58. The van der Waals surface area contributed by atoms with E-state index in [2.05, 4.69) is 15.1 Å². The van der Waals surface area contributed by atoms with Crippen molar-refractivity contribution in [3.63, 3.8) is 0 Å². The van der Waals surface area contributed by atoms with Crippen molar-refractivity contribution in [2.45, 2.75) is 57.5 Å². The molecule has 4 aliphatic carbocycles. The third-order valence-electron chi connectivity index (χ3n) is 8.92. The second-order valence-corrected chi connectivity index (χ2v) is 11.9. The van der Waals surface area contributed by atoms with E-state index in [-0.39, 0.29) is 23.8 Å². The standard InChI is InChI=1S/C25H33Cl2N3O3/c1-24(2,30-8-6-29(7-9-30)19-5-3-4-18(26)20(19)27)22(31)28-21-16-10-15-11-17(21)14-25(12-15,13-16)23(32)33/h3-5,15-17,21H,6-14H2,1-2H3,(H,28,31)(H,32,33). The Morgan fingerprint density at radius 2 is 1.70 bits per heavy atom. The van der Waals surface area contributed by atoms with Gasteiger partial charge in [-0.25, -0.2) is 0 Å². The first-order chi connectivity index (χ1) is 15.6. The smallest absolute Gasteiger partial charge is 0.309 e. The molecule has 2 unspecified atom stereocenters. The van der Waals surface area contributed by atoms with Crippen LogP contribution in [-0.2, 0) is 9.59 Å². The number of benzene rings is 1. The highest BCUT2D eigenvalue weighted by Gasteiger charge is 2.59. The van der Waals surface area contributed by atoms with Gasteiger partial charge >= 0.3 is 5.97 Å². The van der Waals surface area contributed by atoms with Crippen molar-refractivity contribution in [1.29, 1.82) is 0 Å². The molecule has 1 saturated heterocycles. The van der Waals surface area contributed by atoms with Gasteiger partial charge in [-0.1, -0.05) is 29.3 Å². The summed E-state index contributed by atoms with van der Waals surface area (Å²) >= 11 is 12.6. The number of nitrogens with one attached hydrogen (secondary N) is 1.